The number of thiazole rings is 1. The van der Waals surface area contributed by atoms with E-state index >= 15 is 0 Å². The Morgan fingerprint density at radius 3 is 2.70 bits per heavy atom. The number of aryl methyl sites for hydroxylation is 2. The second-order valence-corrected chi connectivity index (χ2v) is 11.1. The van der Waals surface area contributed by atoms with Crippen LogP contribution in [0.1, 0.15) is 42.5 Å². The van der Waals surface area contributed by atoms with Crippen molar-refractivity contribution in [2.45, 2.75) is 51.0 Å². The van der Waals surface area contributed by atoms with Gasteiger partial charge in [-0.1, -0.05) is 6.07 Å². The highest BCUT2D eigenvalue weighted by Gasteiger charge is 2.29. The summed E-state index contributed by atoms with van der Waals surface area (Å²) in [5.74, 6) is 0.335. The Hall–Kier alpha value is -1.31. The highest BCUT2D eigenvalue weighted by Crippen LogP contribution is 2.44. The van der Waals surface area contributed by atoms with Gasteiger partial charge in [0.2, 0.25) is 0 Å². The molecule has 1 fully saturated rings. The van der Waals surface area contributed by atoms with Crippen molar-refractivity contribution in [3.63, 3.8) is 0 Å². The SMILES string of the molecule is COP(=O)(NC1CCC(CNc2nc3c(s2)CCCc2ccc(F)cc2-3)CC1)OC. The van der Waals surface area contributed by atoms with Gasteiger partial charge in [0.1, 0.15) is 5.82 Å². The lowest BCUT2D eigenvalue weighted by atomic mass is 9.86. The topological polar surface area (TPSA) is 72.5 Å². The molecule has 9 heteroatoms. The third kappa shape index (κ3) is 4.94. The van der Waals surface area contributed by atoms with E-state index in [1.807, 2.05) is 6.07 Å². The maximum Gasteiger partial charge on any atom is 0.405 e. The molecule has 0 atom stereocenters. The monoisotopic (exact) mass is 453 g/mol. The maximum absolute atomic E-state index is 13.8. The molecule has 164 valence electrons. The first-order chi connectivity index (χ1) is 14.5. The third-order valence-corrected chi connectivity index (χ3v) is 8.80. The summed E-state index contributed by atoms with van der Waals surface area (Å²) in [7, 11) is -0.375. The van der Waals surface area contributed by atoms with Crippen LogP contribution in [0.2, 0.25) is 0 Å². The van der Waals surface area contributed by atoms with Crippen LogP contribution < -0.4 is 10.4 Å². The van der Waals surface area contributed by atoms with Crippen molar-refractivity contribution in [2.75, 3.05) is 26.1 Å². The summed E-state index contributed by atoms with van der Waals surface area (Å²) in [6.07, 6.45) is 6.97. The molecule has 30 heavy (non-hydrogen) atoms. The lowest BCUT2D eigenvalue weighted by molar-refractivity contribution is 0.243. The molecule has 2 aliphatic rings. The minimum atomic E-state index is -3.17. The smallest absolute Gasteiger partial charge is 0.361 e. The Bertz CT molecular complexity index is 922. The zero-order chi connectivity index (χ0) is 21.1. The molecule has 1 saturated carbocycles. The number of fused-ring (bicyclic) bond motifs is 3. The normalized spacial score (nSPS) is 21.6. The van der Waals surface area contributed by atoms with E-state index in [4.69, 9.17) is 14.0 Å². The zero-order valence-corrected chi connectivity index (χ0v) is 19.2. The molecule has 0 saturated heterocycles. The van der Waals surface area contributed by atoms with Crippen LogP contribution in [-0.2, 0) is 26.5 Å². The second kappa shape index (κ2) is 9.45. The van der Waals surface area contributed by atoms with E-state index in [0.717, 1.165) is 67.9 Å². The predicted molar refractivity (Wildman–Crippen MR) is 119 cm³/mol. The molecule has 6 nitrogen and oxygen atoms in total. The molecule has 4 rings (SSSR count). The number of nitrogens with zero attached hydrogens (tertiary/aromatic N) is 1. The Balaban J connectivity index is 1.34. The number of halogens is 1. The van der Waals surface area contributed by atoms with Gasteiger partial charge in [-0.3, -0.25) is 0 Å². The summed E-state index contributed by atoms with van der Waals surface area (Å²) in [5, 5.41) is 7.46. The Labute approximate surface area is 181 Å². The molecule has 0 bridgehead atoms. The fraction of sp³-hybridized carbons (Fsp3) is 0.571. The highest BCUT2D eigenvalue weighted by molar-refractivity contribution is 7.51. The van der Waals surface area contributed by atoms with Gasteiger partial charge in [0.15, 0.2) is 5.13 Å². The van der Waals surface area contributed by atoms with Crippen LogP contribution in [0.3, 0.4) is 0 Å². The van der Waals surface area contributed by atoms with E-state index < -0.39 is 7.75 Å². The predicted octanol–water partition coefficient (Wildman–Crippen LogP) is 5.40. The molecule has 0 amide bonds. The molecule has 2 aliphatic carbocycles. The molecule has 2 aromatic rings. The van der Waals surface area contributed by atoms with E-state index in [-0.39, 0.29) is 11.9 Å². The van der Waals surface area contributed by atoms with E-state index in [1.54, 1.807) is 23.5 Å². The quantitative estimate of drug-likeness (QED) is 0.547. The first-order valence-electron chi connectivity index (χ1n) is 10.5. The van der Waals surface area contributed by atoms with Crippen molar-refractivity contribution in [2.24, 2.45) is 5.92 Å². The molecular weight excluding hydrogens is 424 g/mol. The molecule has 0 unspecified atom stereocenters. The van der Waals surface area contributed by atoms with Gasteiger partial charge in [-0.05, 0) is 68.6 Å². The molecule has 0 aliphatic heterocycles. The molecule has 0 spiro atoms. The van der Waals surface area contributed by atoms with Gasteiger partial charge < -0.3 is 14.4 Å². The number of nitrogens with one attached hydrogen (secondary N) is 2. The van der Waals surface area contributed by atoms with Crippen molar-refractivity contribution >= 4 is 24.2 Å². The summed E-state index contributed by atoms with van der Waals surface area (Å²) in [4.78, 5) is 6.06. The van der Waals surface area contributed by atoms with Crippen LogP contribution in [0.5, 0.6) is 0 Å². The van der Waals surface area contributed by atoms with Gasteiger partial charge in [0.25, 0.3) is 0 Å². The summed E-state index contributed by atoms with van der Waals surface area (Å²) in [5.41, 5.74) is 3.07. The molecule has 1 aromatic heterocycles. The number of anilines is 1. The number of benzene rings is 1. The lowest BCUT2D eigenvalue weighted by Crippen LogP contribution is -2.33. The largest absolute Gasteiger partial charge is 0.405 e. The molecule has 1 aromatic carbocycles. The van der Waals surface area contributed by atoms with E-state index in [9.17, 15) is 8.96 Å². The number of aromatic nitrogens is 1. The first kappa shape index (κ1) is 21.9. The number of hydrogen-bond acceptors (Lipinski definition) is 6. The minimum absolute atomic E-state index is 0.148. The lowest BCUT2D eigenvalue weighted by Gasteiger charge is -2.30. The summed E-state index contributed by atoms with van der Waals surface area (Å²) >= 11 is 1.69. The fourth-order valence-electron chi connectivity index (χ4n) is 4.36. The fourth-order valence-corrected chi connectivity index (χ4v) is 6.45. The van der Waals surface area contributed by atoms with Crippen LogP contribution >= 0.6 is 19.1 Å². The van der Waals surface area contributed by atoms with E-state index in [0.29, 0.717) is 5.92 Å². The average Bonchev–Trinajstić information content (AvgIpc) is 3.09. The van der Waals surface area contributed by atoms with Crippen LogP contribution in [0.4, 0.5) is 9.52 Å². The van der Waals surface area contributed by atoms with Gasteiger partial charge in [-0.25, -0.2) is 19.0 Å². The van der Waals surface area contributed by atoms with Crippen LogP contribution in [0.25, 0.3) is 11.3 Å². The van der Waals surface area contributed by atoms with Crippen molar-refractivity contribution in [1.29, 1.82) is 0 Å². The van der Waals surface area contributed by atoms with E-state index in [1.165, 1.54) is 24.7 Å². The van der Waals surface area contributed by atoms with Crippen molar-refractivity contribution < 1.29 is 18.0 Å². The number of hydrogen-bond donors (Lipinski definition) is 2. The van der Waals surface area contributed by atoms with E-state index in [2.05, 4.69) is 10.4 Å². The maximum atomic E-state index is 13.8. The number of rotatable bonds is 7. The van der Waals surface area contributed by atoms with Crippen LogP contribution in [-0.4, -0.2) is 31.8 Å². The van der Waals surface area contributed by atoms with Crippen molar-refractivity contribution in [3.8, 4) is 11.3 Å². The molecule has 2 N–H and O–H groups in total. The highest BCUT2D eigenvalue weighted by atomic mass is 32.1. The minimum Gasteiger partial charge on any atom is -0.361 e. The van der Waals surface area contributed by atoms with Gasteiger partial charge >= 0.3 is 7.75 Å². The van der Waals surface area contributed by atoms with Crippen LogP contribution in [0.15, 0.2) is 18.2 Å². The van der Waals surface area contributed by atoms with Crippen molar-refractivity contribution in [1.82, 2.24) is 10.1 Å². The van der Waals surface area contributed by atoms with Crippen molar-refractivity contribution in [3.05, 3.63) is 34.5 Å². The van der Waals surface area contributed by atoms with Gasteiger partial charge in [0, 0.05) is 37.2 Å². The standard InChI is InChI=1S/C21H29FN3O3PS/c1-27-29(26,28-2)25-17-10-6-14(7-11-17)13-23-21-24-20-18-12-16(22)9-8-15(18)4-3-5-19(20)30-21/h8-9,12,14,17H,3-7,10-11,13H2,1-2H3,(H,23,24)(H,25,26). The Morgan fingerprint density at radius 2 is 1.97 bits per heavy atom. The Morgan fingerprint density at radius 1 is 1.20 bits per heavy atom. The zero-order valence-electron chi connectivity index (χ0n) is 17.4. The molecule has 1 heterocycles. The second-order valence-electron chi connectivity index (χ2n) is 8.04. The Kier molecular flexibility index (Phi) is 6.90. The first-order valence-corrected chi connectivity index (χ1v) is 12.9. The summed E-state index contributed by atoms with van der Waals surface area (Å²) in [6, 6.07) is 5.20. The average molecular weight is 454 g/mol. The third-order valence-electron chi connectivity index (χ3n) is 6.08. The molecule has 0 radical (unpaired) electrons. The van der Waals surface area contributed by atoms with Crippen LogP contribution in [0, 0.1) is 11.7 Å². The summed E-state index contributed by atoms with van der Waals surface area (Å²) < 4.78 is 36.0. The van der Waals surface area contributed by atoms with Gasteiger partial charge in [0.05, 0.1) is 5.69 Å². The molecular formula is C21H29FN3O3PS. The summed E-state index contributed by atoms with van der Waals surface area (Å²) in [6.45, 7) is 0.862. The van der Waals surface area contributed by atoms with Gasteiger partial charge in [-0.2, -0.15) is 0 Å². The van der Waals surface area contributed by atoms with Gasteiger partial charge in [-0.15, -0.1) is 11.3 Å².